The van der Waals surface area contributed by atoms with Gasteiger partial charge in [-0.25, -0.2) is 4.79 Å². The van der Waals surface area contributed by atoms with E-state index in [9.17, 15) is 14.7 Å². The molecule has 2 N–H and O–H groups in total. The zero-order chi connectivity index (χ0) is 25.9. The molecule has 7 heteroatoms. The van der Waals surface area contributed by atoms with Crippen molar-refractivity contribution < 1.29 is 19.4 Å². The van der Waals surface area contributed by atoms with Crippen molar-refractivity contribution in [3.8, 4) is 16.9 Å². The van der Waals surface area contributed by atoms with Gasteiger partial charge in [-0.05, 0) is 78.3 Å². The highest BCUT2D eigenvalue weighted by Gasteiger charge is 2.22. The van der Waals surface area contributed by atoms with Crippen LogP contribution in [-0.4, -0.2) is 46.6 Å². The Balaban J connectivity index is 1.97. The smallest absolute Gasteiger partial charge is 0.326 e. The number of aryl methyl sites for hydroxylation is 1. The van der Waals surface area contributed by atoms with E-state index in [1.807, 2.05) is 67.8 Å². The van der Waals surface area contributed by atoms with Gasteiger partial charge in [-0.1, -0.05) is 43.3 Å². The molecule has 0 aliphatic rings. The fourth-order valence-electron chi connectivity index (χ4n) is 3.74. The van der Waals surface area contributed by atoms with Gasteiger partial charge < -0.3 is 15.2 Å². The maximum Gasteiger partial charge on any atom is 0.326 e. The molecule has 1 heterocycles. The molecule has 3 rings (SSSR count). The lowest BCUT2D eigenvalue weighted by atomic mass is 9.93. The summed E-state index contributed by atoms with van der Waals surface area (Å²) in [7, 11) is 0. The van der Waals surface area contributed by atoms with Crippen molar-refractivity contribution in [2.45, 2.75) is 32.7 Å². The van der Waals surface area contributed by atoms with Crippen LogP contribution in [0.3, 0.4) is 0 Å². The molecule has 6 nitrogen and oxygen atoms in total. The highest BCUT2D eigenvalue weighted by Crippen LogP contribution is 2.29. The molecular weight excluding hydrogens is 472 g/mol. The van der Waals surface area contributed by atoms with Gasteiger partial charge in [0.25, 0.3) is 5.91 Å². The molecule has 36 heavy (non-hydrogen) atoms. The van der Waals surface area contributed by atoms with E-state index in [1.54, 1.807) is 30.2 Å². The molecule has 1 unspecified atom stereocenters. The number of thioether (sulfide) groups is 1. The number of carbonyl (C=O) groups excluding carboxylic acids is 1. The van der Waals surface area contributed by atoms with E-state index in [4.69, 9.17) is 4.74 Å². The molecule has 1 amide bonds. The third-order valence-electron chi connectivity index (χ3n) is 5.66. The lowest BCUT2D eigenvalue weighted by Crippen LogP contribution is -2.41. The van der Waals surface area contributed by atoms with E-state index in [1.165, 1.54) is 0 Å². The number of nitrogens with one attached hydrogen (secondary N) is 1. The summed E-state index contributed by atoms with van der Waals surface area (Å²) in [6.45, 7) is 4.67. The first-order chi connectivity index (χ1) is 17.4. The van der Waals surface area contributed by atoms with Gasteiger partial charge in [-0.15, -0.1) is 0 Å². The monoisotopic (exact) mass is 504 g/mol. The van der Waals surface area contributed by atoms with Crippen molar-refractivity contribution in [1.82, 2.24) is 10.3 Å². The summed E-state index contributed by atoms with van der Waals surface area (Å²) in [5, 5.41) is 12.3. The maximum atomic E-state index is 13.2. The molecule has 0 aliphatic carbocycles. The predicted octanol–water partition coefficient (Wildman–Crippen LogP) is 5.95. The van der Waals surface area contributed by atoms with E-state index in [-0.39, 0.29) is 0 Å². The van der Waals surface area contributed by atoms with Crippen molar-refractivity contribution in [3.05, 3.63) is 83.2 Å². The van der Waals surface area contributed by atoms with Gasteiger partial charge in [-0.3, -0.25) is 9.78 Å². The molecule has 1 aromatic heterocycles. The van der Waals surface area contributed by atoms with Crippen molar-refractivity contribution in [3.63, 3.8) is 0 Å². The first kappa shape index (κ1) is 27.0. The van der Waals surface area contributed by atoms with Gasteiger partial charge in [0.1, 0.15) is 11.8 Å². The number of carboxylic acid groups (broad SMARTS) is 1. The number of ether oxygens (including phenoxy) is 1. The highest BCUT2D eigenvalue weighted by molar-refractivity contribution is 7.98. The Kier molecular flexibility index (Phi) is 10.1. The molecule has 188 valence electrons. The minimum absolute atomic E-state index is 0.357. The molecule has 0 saturated carbocycles. The Hall–Kier alpha value is -3.58. The molecule has 1 atom stereocenters. The normalized spacial score (nSPS) is 11.9. The van der Waals surface area contributed by atoms with Crippen LogP contribution in [0.4, 0.5) is 0 Å². The van der Waals surface area contributed by atoms with Crippen LogP contribution in [0.1, 0.15) is 46.8 Å². The van der Waals surface area contributed by atoms with Crippen molar-refractivity contribution in [2.24, 2.45) is 0 Å². The number of pyridine rings is 1. The summed E-state index contributed by atoms with van der Waals surface area (Å²) in [6.07, 6.45) is 10.5. The highest BCUT2D eigenvalue weighted by atomic mass is 32.2. The first-order valence-corrected chi connectivity index (χ1v) is 13.3. The number of carbonyl (C=O) groups is 2. The summed E-state index contributed by atoms with van der Waals surface area (Å²) < 4.78 is 5.82. The zero-order valence-electron chi connectivity index (χ0n) is 20.9. The van der Waals surface area contributed by atoms with Gasteiger partial charge >= 0.3 is 5.97 Å². The quantitative estimate of drug-likeness (QED) is 0.317. The van der Waals surface area contributed by atoms with E-state index in [0.717, 1.165) is 40.0 Å². The van der Waals surface area contributed by atoms with Crippen molar-refractivity contribution >= 4 is 35.8 Å². The molecule has 3 aromatic rings. The summed E-state index contributed by atoms with van der Waals surface area (Å²) in [5.41, 5.74) is 4.88. The Labute approximate surface area is 216 Å². The minimum atomic E-state index is -1.04. The average molecular weight is 505 g/mol. The van der Waals surface area contributed by atoms with Crippen LogP contribution in [0.15, 0.2) is 60.9 Å². The van der Waals surface area contributed by atoms with E-state index < -0.39 is 17.9 Å². The standard InChI is InChI=1S/C29H32N2O4S/c1-4-16-35-27-13-15-30-19-22(27)11-9-21-10-12-24(25(18-21)23-8-6-5-7-20(23)2)28(32)31-26(29(33)34)14-17-36-3/h5-13,15,18-19,26H,4,14,16-17H2,1-3H3,(H,31,32)(H,33,34)/b11-9+. The molecule has 0 bridgehead atoms. The maximum absolute atomic E-state index is 13.2. The zero-order valence-corrected chi connectivity index (χ0v) is 21.7. The Morgan fingerprint density at radius 2 is 1.94 bits per heavy atom. The van der Waals surface area contributed by atoms with Crippen molar-refractivity contribution in [2.75, 3.05) is 18.6 Å². The topological polar surface area (TPSA) is 88.5 Å². The molecule has 2 aromatic carbocycles. The third kappa shape index (κ3) is 7.21. The van der Waals surface area contributed by atoms with E-state index >= 15 is 0 Å². The van der Waals surface area contributed by atoms with Crippen LogP contribution >= 0.6 is 11.8 Å². The Morgan fingerprint density at radius 1 is 1.14 bits per heavy atom. The van der Waals surface area contributed by atoms with Crippen LogP contribution in [0.5, 0.6) is 5.75 Å². The Morgan fingerprint density at radius 3 is 2.67 bits per heavy atom. The van der Waals surface area contributed by atoms with Gasteiger partial charge in [0.15, 0.2) is 0 Å². The number of aliphatic carboxylic acids is 1. The predicted molar refractivity (Wildman–Crippen MR) is 147 cm³/mol. The summed E-state index contributed by atoms with van der Waals surface area (Å²) in [6, 6.07) is 14.3. The lowest BCUT2D eigenvalue weighted by molar-refractivity contribution is -0.139. The van der Waals surface area contributed by atoms with Gasteiger partial charge in [-0.2, -0.15) is 11.8 Å². The van der Waals surface area contributed by atoms with Crippen LogP contribution in [0.25, 0.3) is 23.3 Å². The van der Waals surface area contributed by atoms with Crippen LogP contribution in [-0.2, 0) is 4.79 Å². The number of aromatic nitrogens is 1. The summed E-state index contributed by atoms with van der Waals surface area (Å²) in [5.74, 6) is -0.0286. The molecule has 0 radical (unpaired) electrons. The summed E-state index contributed by atoms with van der Waals surface area (Å²) >= 11 is 1.55. The van der Waals surface area contributed by atoms with Gasteiger partial charge in [0.2, 0.25) is 0 Å². The lowest BCUT2D eigenvalue weighted by Gasteiger charge is -2.17. The number of amides is 1. The molecule has 0 saturated heterocycles. The molecular formula is C29H32N2O4S. The number of hydrogen-bond donors (Lipinski definition) is 2. The first-order valence-electron chi connectivity index (χ1n) is 11.9. The van der Waals surface area contributed by atoms with Gasteiger partial charge in [0.05, 0.1) is 6.61 Å². The molecule has 0 fully saturated rings. The fraction of sp³-hybridized carbons (Fsp3) is 0.276. The van der Waals surface area contributed by atoms with Crippen molar-refractivity contribution in [1.29, 1.82) is 0 Å². The number of hydrogen-bond acceptors (Lipinski definition) is 5. The minimum Gasteiger partial charge on any atom is -0.493 e. The largest absolute Gasteiger partial charge is 0.493 e. The van der Waals surface area contributed by atoms with Crippen LogP contribution in [0.2, 0.25) is 0 Å². The second-order valence-corrected chi connectivity index (χ2v) is 9.35. The SMILES string of the molecule is CCCOc1ccncc1/C=C/c1ccc(C(=O)NC(CCSC)C(=O)O)c(-c2ccccc2C)c1. The third-order valence-corrected chi connectivity index (χ3v) is 6.31. The summed E-state index contributed by atoms with van der Waals surface area (Å²) in [4.78, 5) is 29.1. The van der Waals surface area contributed by atoms with Gasteiger partial charge in [0, 0.05) is 23.5 Å². The number of carboxylic acids is 1. The van der Waals surface area contributed by atoms with Crippen LogP contribution < -0.4 is 10.1 Å². The number of benzene rings is 2. The molecule has 0 aliphatic heterocycles. The molecule has 0 spiro atoms. The van der Waals surface area contributed by atoms with E-state index in [2.05, 4.69) is 17.2 Å². The second-order valence-electron chi connectivity index (χ2n) is 8.36. The fourth-order valence-corrected chi connectivity index (χ4v) is 4.21. The van der Waals surface area contributed by atoms with Crippen LogP contribution in [0, 0.1) is 6.92 Å². The Bertz CT molecular complexity index is 1230. The second kappa shape index (κ2) is 13.5. The van der Waals surface area contributed by atoms with E-state index in [0.29, 0.717) is 24.3 Å². The average Bonchev–Trinajstić information content (AvgIpc) is 2.89. The number of rotatable bonds is 12. The number of nitrogens with zero attached hydrogens (tertiary/aromatic N) is 1.